The summed E-state index contributed by atoms with van der Waals surface area (Å²) in [5.74, 6) is 0.787. The summed E-state index contributed by atoms with van der Waals surface area (Å²) in [4.78, 5) is 16.6. The van der Waals surface area contributed by atoms with Crippen molar-refractivity contribution in [3.05, 3.63) is 30.4 Å². The maximum atomic E-state index is 11.8. The summed E-state index contributed by atoms with van der Waals surface area (Å²) >= 11 is 0. The molecule has 26 heavy (non-hydrogen) atoms. The van der Waals surface area contributed by atoms with Gasteiger partial charge in [0.15, 0.2) is 5.65 Å². The maximum Gasteiger partial charge on any atom is 0.236 e. The highest BCUT2D eigenvalue weighted by molar-refractivity contribution is 5.81. The van der Waals surface area contributed by atoms with Gasteiger partial charge in [-0.2, -0.15) is 14.7 Å². The molecule has 4 rings (SSSR count). The van der Waals surface area contributed by atoms with Crippen LogP contribution in [0.3, 0.4) is 0 Å². The molecule has 1 aliphatic heterocycles. The van der Waals surface area contributed by atoms with Gasteiger partial charge in [-0.3, -0.25) is 9.48 Å². The molecule has 3 aromatic rings. The summed E-state index contributed by atoms with van der Waals surface area (Å²) in [6.45, 7) is 0.692. The van der Waals surface area contributed by atoms with Gasteiger partial charge in [0, 0.05) is 49.9 Å². The molecular weight excluding hydrogens is 332 g/mol. The number of hydrogen-bond donors (Lipinski definition) is 3. The van der Waals surface area contributed by atoms with E-state index in [1.165, 1.54) is 0 Å². The molecule has 0 aromatic carbocycles. The van der Waals surface area contributed by atoms with Crippen LogP contribution in [0.25, 0.3) is 16.8 Å². The van der Waals surface area contributed by atoms with Gasteiger partial charge >= 0.3 is 0 Å². The van der Waals surface area contributed by atoms with E-state index < -0.39 is 0 Å². The lowest BCUT2D eigenvalue weighted by Crippen LogP contribution is -2.47. The number of nitrogen functional groups attached to an aromatic ring is 1. The van der Waals surface area contributed by atoms with Gasteiger partial charge in [0.25, 0.3) is 0 Å². The smallest absolute Gasteiger partial charge is 0.236 e. The van der Waals surface area contributed by atoms with Crippen molar-refractivity contribution in [1.29, 1.82) is 0 Å². The number of anilines is 1. The molecule has 2 unspecified atom stereocenters. The number of nitrogens with zero attached hydrogens (tertiary/aromatic N) is 5. The Kier molecular flexibility index (Phi) is 4.08. The van der Waals surface area contributed by atoms with Crippen LogP contribution >= 0.6 is 0 Å². The normalized spacial score (nSPS) is 20.4. The van der Waals surface area contributed by atoms with Gasteiger partial charge in [-0.05, 0) is 12.8 Å². The van der Waals surface area contributed by atoms with Crippen LogP contribution in [0.1, 0.15) is 24.5 Å². The van der Waals surface area contributed by atoms with Crippen molar-refractivity contribution in [3.8, 4) is 11.1 Å². The highest BCUT2D eigenvalue weighted by Gasteiger charge is 2.27. The summed E-state index contributed by atoms with van der Waals surface area (Å²) < 4.78 is 3.39. The second-order valence-electron chi connectivity index (χ2n) is 6.65. The SMILES string of the molecule is CNC(=O)C1CCC(c2cc(N)n3ncc(-c4cnn(C)c4)c3n2)CN1. The molecule has 3 aromatic heterocycles. The number of fused-ring (bicyclic) bond motifs is 1. The van der Waals surface area contributed by atoms with Crippen molar-refractivity contribution >= 4 is 17.4 Å². The number of carbonyl (C=O) groups is 1. The van der Waals surface area contributed by atoms with Gasteiger partial charge in [-0.15, -0.1) is 0 Å². The minimum absolute atomic E-state index is 0.0287. The Morgan fingerprint density at radius 1 is 1.35 bits per heavy atom. The molecule has 2 atom stereocenters. The molecule has 4 heterocycles. The van der Waals surface area contributed by atoms with Gasteiger partial charge in [-0.25, -0.2) is 4.98 Å². The first kappa shape index (κ1) is 16.5. The van der Waals surface area contributed by atoms with E-state index in [1.807, 2.05) is 19.3 Å². The highest BCUT2D eigenvalue weighted by atomic mass is 16.2. The molecule has 1 fully saturated rings. The third kappa shape index (κ3) is 2.80. The Bertz CT molecular complexity index is 951. The van der Waals surface area contributed by atoms with Crippen LogP contribution in [-0.2, 0) is 11.8 Å². The molecular formula is C17H22N8O. The van der Waals surface area contributed by atoms with Crippen LogP contribution in [-0.4, -0.2) is 49.9 Å². The van der Waals surface area contributed by atoms with Gasteiger partial charge in [0.2, 0.25) is 5.91 Å². The van der Waals surface area contributed by atoms with Crippen LogP contribution in [0.4, 0.5) is 5.82 Å². The number of aromatic nitrogens is 5. The molecule has 0 aliphatic carbocycles. The molecule has 1 saturated heterocycles. The van der Waals surface area contributed by atoms with Crippen molar-refractivity contribution in [2.24, 2.45) is 7.05 Å². The lowest BCUT2D eigenvalue weighted by molar-refractivity contribution is -0.123. The van der Waals surface area contributed by atoms with Crippen molar-refractivity contribution in [2.45, 2.75) is 24.8 Å². The zero-order chi connectivity index (χ0) is 18.3. The lowest BCUT2D eigenvalue weighted by atomic mass is 9.91. The second kappa shape index (κ2) is 6.41. The van der Waals surface area contributed by atoms with Crippen molar-refractivity contribution in [3.63, 3.8) is 0 Å². The number of likely N-dealkylation sites (N-methyl/N-ethyl adjacent to an activating group) is 1. The first-order chi connectivity index (χ1) is 12.6. The van der Waals surface area contributed by atoms with E-state index in [1.54, 1.807) is 28.6 Å². The fraction of sp³-hybridized carbons (Fsp3) is 0.412. The molecule has 9 heteroatoms. The Hall–Kier alpha value is -2.94. The van der Waals surface area contributed by atoms with Crippen LogP contribution in [0.15, 0.2) is 24.7 Å². The van der Waals surface area contributed by atoms with Crippen LogP contribution < -0.4 is 16.4 Å². The quantitative estimate of drug-likeness (QED) is 0.623. The molecule has 1 amide bonds. The lowest BCUT2D eigenvalue weighted by Gasteiger charge is -2.28. The third-order valence-corrected chi connectivity index (χ3v) is 4.93. The molecule has 136 valence electrons. The Labute approximate surface area is 150 Å². The van der Waals surface area contributed by atoms with E-state index in [-0.39, 0.29) is 17.9 Å². The molecule has 0 spiro atoms. The summed E-state index contributed by atoms with van der Waals surface area (Å²) in [5.41, 5.74) is 9.71. The van der Waals surface area contributed by atoms with Crippen LogP contribution in [0.5, 0.6) is 0 Å². The number of amides is 1. The molecule has 1 aliphatic rings. The zero-order valence-corrected chi connectivity index (χ0v) is 14.8. The van der Waals surface area contributed by atoms with Crippen molar-refractivity contribution in [1.82, 2.24) is 35.0 Å². The number of nitrogens with two attached hydrogens (primary N) is 1. The summed E-state index contributed by atoms with van der Waals surface area (Å²) in [5, 5.41) is 14.6. The standard InChI is InChI=1S/C17H22N8O/c1-19-17(26)13-4-3-10(6-20-13)14-5-15(18)25-16(23-14)12(8-22-25)11-7-21-24(2)9-11/h5,7-10,13,20H,3-4,6,18H2,1-2H3,(H,19,26). The predicted octanol–water partition coefficient (Wildman–Crippen LogP) is 0.294. The fourth-order valence-corrected chi connectivity index (χ4v) is 3.49. The second-order valence-corrected chi connectivity index (χ2v) is 6.65. The minimum atomic E-state index is -0.141. The van der Waals surface area contributed by atoms with E-state index in [2.05, 4.69) is 20.8 Å². The van der Waals surface area contributed by atoms with Gasteiger partial charge in [0.05, 0.1) is 24.1 Å². The number of rotatable bonds is 3. The molecule has 0 saturated carbocycles. The third-order valence-electron chi connectivity index (χ3n) is 4.93. The first-order valence-electron chi connectivity index (χ1n) is 8.65. The van der Waals surface area contributed by atoms with Gasteiger partial charge in [-0.1, -0.05) is 0 Å². The van der Waals surface area contributed by atoms with E-state index in [4.69, 9.17) is 10.7 Å². The number of hydrogen-bond acceptors (Lipinski definition) is 6. The first-order valence-corrected chi connectivity index (χ1v) is 8.65. The average Bonchev–Trinajstić information content (AvgIpc) is 3.27. The summed E-state index contributed by atoms with van der Waals surface area (Å²) in [6.07, 6.45) is 7.13. The summed E-state index contributed by atoms with van der Waals surface area (Å²) in [6, 6.07) is 1.73. The summed E-state index contributed by atoms with van der Waals surface area (Å²) in [7, 11) is 3.53. The number of carbonyl (C=O) groups excluding carboxylic acids is 1. The Morgan fingerprint density at radius 2 is 2.19 bits per heavy atom. The topological polar surface area (TPSA) is 115 Å². The molecule has 4 N–H and O–H groups in total. The number of aryl methyl sites for hydroxylation is 1. The largest absolute Gasteiger partial charge is 0.384 e. The van der Waals surface area contributed by atoms with Gasteiger partial charge < -0.3 is 16.4 Å². The van der Waals surface area contributed by atoms with E-state index >= 15 is 0 Å². The highest BCUT2D eigenvalue weighted by Crippen LogP contribution is 2.29. The Morgan fingerprint density at radius 3 is 2.85 bits per heavy atom. The maximum absolute atomic E-state index is 11.8. The minimum Gasteiger partial charge on any atom is -0.384 e. The number of piperidine rings is 1. The molecule has 0 radical (unpaired) electrons. The average molecular weight is 354 g/mol. The van der Waals surface area contributed by atoms with E-state index in [0.29, 0.717) is 12.4 Å². The van der Waals surface area contributed by atoms with E-state index in [0.717, 1.165) is 35.3 Å². The van der Waals surface area contributed by atoms with Gasteiger partial charge in [0.1, 0.15) is 5.82 Å². The monoisotopic (exact) mass is 354 g/mol. The zero-order valence-electron chi connectivity index (χ0n) is 14.8. The van der Waals surface area contributed by atoms with Crippen molar-refractivity contribution < 1.29 is 4.79 Å². The van der Waals surface area contributed by atoms with Crippen LogP contribution in [0, 0.1) is 0 Å². The van der Waals surface area contributed by atoms with Crippen LogP contribution in [0.2, 0.25) is 0 Å². The number of nitrogens with one attached hydrogen (secondary N) is 2. The molecule has 9 nitrogen and oxygen atoms in total. The van der Waals surface area contributed by atoms with E-state index in [9.17, 15) is 4.79 Å². The van der Waals surface area contributed by atoms with Crippen molar-refractivity contribution in [2.75, 3.05) is 19.3 Å². The Balaban J connectivity index is 1.66. The predicted molar refractivity (Wildman–Crippen MR) is 97.4 cm³/mol. The molecule has 0 bridgehead atoms. The fourth-order valence-electron chi connectivity index (χ4n) is 3.49.